The number of carbonyl (C=O) groups excluding carboxylic acids is 2. The van der Waals surface area contributed by atoms with Crippen LogP contribution in [0.1, 0.15) is 51.4 Å². The highest BCUT2D eigenvalue weighted by molar-refractivity contribution is 5.74. The molecule has 0 atom stereocenters. The van der Waals surface area contributed by atoms with Crippen LogP contribution in [0.2, 0.25) is 0 Å². The molecule has 1 aliphatic carbocycles. The lowest BCUT2D eigenvalue weighted by molar-refractivity contribution is 0.162. The summed E-state index contributed by atoms with van der Waals surface area (Å²) in [5, 5.41) is 8.82. The lowest BCUT2D eigenvalue weighted by atomic mass is 9.93. The lowest BCUT2D eigenvalue weighted by Gasteiger charge is -2.34. The second-order valence-corrected chi connectivity index (χ2v) is 7.18. The number of nitrogens with zero attached hydrogens (tertiary/aromatic N) is 1. The highest BCUT2D eigenvalue weighted by atomic mass is 16.5. The topological polar surface area (TPSA) is 82.7 Å². The van der Waals surface area contributed by atoms with Crippen LogP contribution in [0.4, 0.5) is 9.59 Å². The Labute approximate surface area is 151 Å². The molecule has 0 aromatic carbocycles. The molecule has 0 aromatic rings. The molecule has 1 aliphatic heterocycles. The molecule has 2 fully saturated rings. The number of hydrogen-bond donors (Lipinski definition) is 3. The maximum Gasteiger partial charge on any atom is 0.317 e. The van der Waals surface area contributed by atoms with E-state index in [1.807, 2.05) is 4.90 Å². The largest absolute Gasteiger partial charge is 0.383 e. The molecule has 25 heavy (non-hydrogen) atoms. The first kappa shape index (κ1) is 19.8. The van der Waals surface area contributed by atoms with Gasteiger partial charge in [-0.1, -0.05) is 19.3 Å². The van der Waals surface area contributed by atoms with Crippen molar-refractivity contribution in [3.05, 3.63) is 0 Å². The zero-order chi connectivity index (χ0) is 17.9. The number of ether oxygens (including phenoxy) is 1. The van der Waals surface area contributed by atoms with E-state index in [2.05, 4.69) is 16.0 Å². The first-order valence-corrected chi connectivity index (χ1v) is 9.75. The summed E-state index contributed by atoms with van der Waals surface area (Å²) in [7, 11) is 1.61. The lowest BCUT2D eigenvalue weighted by Crippen LogP contribution is -2.48. The van der Waals surface area contributed by atoms with Gasteiger partial charge in [-0.05, 0) is 38.0 Å². The highest BCUT2D eigenvalue weighted by Crippen LogP contribution is 2.21. The molecule has 0 spiro atoms. The van der Waals surface area contributed by atoms with E-state index in [1.54, 1.807) is 7.11 Å². The summed E-state index contributed by atoms with van der Waals surface area (Å²) < 4.78 is 4.89. The van der Waals surface area contributed by atoms with Crippen LogP contribution < -0.4 is 16.0 Å². The molecule has 3 N–H and O–H groups in total. The second-order valence-electron chi connectivity index (χ2n) is 7.18. The molecule has 1 saturated carbocycles. The van der Waals surface area contributed by atoms with Gasteiger partial charge in [-0.2, -0.15) is 0 Å². The fourth-order valence-electron chi connectivity index (χ4n) is 3.66. The summed E-state index contributed by atoms with van der Waals surface area (Å²) in [5.41, 5.74) is 0. The van der Waals surface area contributed by atoms with E-state index in [-0.39, 0.29) is 12.1 Å². The van der Waals surface area contributed by atoms with Gasteiger partial charge in [-0.25, -0.2) is 9.59 Å². The van der Waals surface area contributed by atoms with E-state index >= 15 is 0 Å². The van der Waals surface area contributed by atoms with Crippen molar-refractivity contribution in [2.75, 3.05) is 39.9 Å². The number of urea groups is 2. The third kappa shape index (κ3) is 7.50. The van der Waals surface area contributed by atoms with Crippen molar-refractivity contribution in [3.8, 4) is 0 Å². The van der Waals surface area contributed by atoms with Crippen LogP contribution in [0.25, 0.3) is 0 Å². The van der Waals surface area contributed by atoms with E-state index in [1.165, 1.54) is 19.3 Å². The molecular formula is C18H34N4O3. The average molecular weight is 354 g/mol. The summed E-state index contributed by atoms with van der Waals surface area (Å²) in [6.07, 6.45) is 9.03. The Hall–Kier alpha value is -1.50. The van der Waals surface area contributed by atoms with E-state index in [4.69, 9.17) is 4.74 Å². The van der Waals surface area contributed by atoms with Crippen molar-refractivity contribution >= 4 is 12.1 Å². The smallest absolute Gasteiger partial charge is 0.317 e. The van der Waals surface area contributed by atoms with Crippen molar-refractivity contribution in [2.45, 2.75) is 57.4 Å². The summed E-state index contributed by atoms with van der Waals surface area (Å²) in [6, 6.07) is 0.349. The van der Waals surface area contributed by atoms with Crippen LogP contribution in [0.5, 0.6) is 0 Å². The number of piperidine rings is 1. The van der Waals surface area contributed by atoms with Gasteiger partial charge in [-0.15, -0.1) is 0 Å². The van der Waals surface area contributed by atoms with Gasteiger partial charge in [0.2, 0.25) is 0 Å². The van der Waals surface area contributed by atoms with E-state index < -0.39 is 0 Å². The molecule has 0 aromatic heterocycles. The first-order chi connectivity index (χ1) is 12.2. The Morgan fingerprint density at radius 1 is 1.00 bits per heavy atom. The quantitative estimate of drug-likeness (QED) is 0.612. The second kappa shape index (κ2) is 11.2. The van der Waals surface area contributed by atoms with E-state index in [0.29, 0.717) is 31.7 Å². The van der Waals surface area contributed by atoms with Crippen LogP contribution in [0.3, 0.4) is 0 Å². The van der Waals surface area contributed by atoms with Gasteiger partial charge in [0.05, 0.1) is 6.61 Å². The monoisotopic (exact) mass is 354 g/mol. The Morgan fingerprint density at radius 2 is 1.68 bits per heavy atom. The van der Waals surface area contributed by atoms with Gasteiger partial charge in [-0.3, -0.25) is 0 Å². The zero-order valence-corrected chi connectivity index (χ0v) is 15.5. The van der Waals surface area contributed by atoms with Gasteiger partial charge in [0.15, 0.2) is 0 Å². The number of hydrogen-bond acceptors (Lipinski definition) is 3. The molecular weight excluding hydrogens is 320 g/mol. The number of nitrogens with one attached hydrogen (secondary N) is 3. The number of amides is 4. The highest BCUT2D eigenvalue weighted by Gasteiger charge is 2.24. The fourth-order valence-corrected chi connectivity index (χ4v) is 3.66. The fraction of sp³-hybridized carbons (Fsp3) is 0.889. The van der Waals surface area contributed by atoms with E-state index in [9.17, 15) is 9.59 Å². The molecule has 0 radical (unpaired) electrons. The van der Waals surface area contributed by atoms with Gasteiger partial charge in [0, 0.05) is 39.3 Å². The minimum Gasteiger partial charge on any atom is -0.383 e. The maximum atomic E-state index is 12.3. The first-order valence-electron chi connectivity index (χ1n) is 9.75. The van der Waals surface area contributed by atoms with Crippen molar-refractivity contribution in [3.63, 3.8) is 0 Å². The molecule has 4 amide bonds. The number of carbonyl (C=O) groups is 2. The Bertz CT molecular complexity index is 405. The summed E-state index contributed by atoms with van der Waals surface area (Å²) in [5.74, 6) is 0.581. The third-order valence-corrected chi connectivity index (χ3v) is 5.26. The number of likely N-dealkylation sites (tertiary alicyclic amines) is 1. The average Bonchev–Trinajstić information content (AvgIpc) is 2.63. The van der Waals surface area contributed by atoms with Crippen LogP contribution in [-0.4, -0.2) is 62.9 Å². The SMILES string of the molecule is COCCNC(=O)NCCC1CCN(C(=O)NC2CCCCC2)CC1. The molecule has 1 saturated heterocycles. The third-order valence-electron chi connectivity index (χ3n) is 5.26. The van der Waals surface area contributed by atoms with Crippen molar-refractivity contribution < 1.29 is 14.3 Å². The molecule has 2 aliphatic rings. The van der Waals surface area contributed by atoms with Crippen LogP contribution in [0, 0.1) is 5.92 Å². The molecule has 0 bridgehead atoms. The minimum absolute atomic E-state index is 0.112. The maximum absolute atomic E-state index is 12.3. The summed E-state index contributed by atoms with van der Waals surface area (Å²) in [4.78, 5) is 25.8. The van der Waals surface area contributed by atoms with Crippen molar-refractivity contribution in [2.24, 2.45) is 5.92 Å². The molecule has 144 valence electrons. The molecule has 2 rings (SSSR count). The van der Waals surface area contributed by atoms with Gasteiger partial charge in [0.1, 0.15) is 0 Å². The van der Waals surface area contributed by atoms with Crippen LogP contribution in [-0.2, 0) is 4.74 Å². The number of rotatable bonds is 7. The summed E-state index contributed by atoms with van der Waals surface area (Å²) >= 11 is 0. The minimum atomic E-state index is -0.138. The molecule has 7 heteroatoms. The van der Waals surface area contributed by atoms with Gasteiger partial charge < -0.3 is 25.6 Å². The molecule has 0 unspecified atom stereocenters. The normalized spacial score (nSPS) is 19.5. The van der Waals surface area contributed by atoms with Gasteiger partial charge in [0.25, 0.3) is 0 Å². The molecule has 1 heterocycles. The predicted octanol–water partition coefficient (Wildman–Crippen LogP) is 2.08. The zero-order valence-electron chi connectivity index (χ0n) is 15.5. The van der Waals surface area contributed by atoms with Gasteiger partial charge >= 0.3 is 12.1 Å². The van der Waals surface area contributed by atoms with Crippen molar-refractivity contribution in [1.82, 2.24) is 20.9 Å². The Morgan fingerprint density at radius 3 is 2.36 bits per heavy atom. The van der Waals surface area contributed by atoms with E-state index in [0.717, 1.165) is 45.2 Å². The Balaban J connectivity index is 1.55. The Kier molecular flexibility index (Phi) is 8.86. The number of methoxy groups -OCH3 is 1. The summed E-state index contributed by atoms with van der Waals surface area (Å²) in [6.45, 7) is 3.37. The van der Waals surface area contributed by atoms with Crippen molar-refractivity contribution in [1.29, 1.82) is 0 Å². The predicted molar refractivity (Wildman–Crippen MR) is 97.6 cm³/mol. The molecule has 7 nitrogen and oxygen atoms in total. The van der Waals surface area contributed by atoms with Crippen LogP contribution in [0.15, 0.2) is 0 Å². The van der Waals surface area contributed by atoms with Crippen LogP contribution >= 0.6 is 0 Å². The standard InChI is InChI=1S/C18H34N4O3/c1-25-14-11-20-17(23)19-10-7-15-8-12-22(13-9-15)18(24)21-16-5-3-2-4-6-16/h15-16H,2-14H2,1H3,(H,21,24)(H2,19,20,23).